The number of ether oxygens (including phenoxy) is 1. The molecule has 2 aliphatic carbocycles. The summed E-state index contributed by atoms with van der Waals surface area (Å²) in [7, 11) is 1.80. The second-order valence-corrected chi connectivity index (χ2v) is 6.16. The second-order valence-electron chi connectivity index (χ2n) is 6.16. The van der Waals surface area contributed by atoms with E-state index in [0.717, 1.165) is 42.4 Å². The molecule has 116 valence electrons. The van der Waals surface area contributed by atoms with Crippen LogP contribution in [0.25, 0.3) is 0 Å². The summed E-state index contributed by atoms with van der Waals surface area (Å²) in [6, 6.07) is 0.366. The number of hydrogen-bond donors (Lipinski definition) is 2. The lowest BCUT2D eigenvalue weighted by molar-refractivity contribution is 0.101. The molecular weight excluding hydrogens is 264 g/mol. The predicted octanol–water partition coefficient (Wildman–Crippen LogP) is 3.07. The van der Waals surface area contributed by atoms with Gasteiger partial charge in [0, 0.05) is 25.1 Å². The largest absolute Gasteiger partial charge is 0.379 e. The average molecular weight is 290 g/mol. The molecule has 1 aromatic heterocycles. The van der Waals surface area contributed by atoms with Crippen LogP contribution in [0, 0.1) is 6.92 Å². The molecule has 2 unspecified atom stereocenters. The standard InChI is InChI=1S/C16H26N4O/c1-4-17-14-10(2)15(20-16(19-14)11-8-9-11)18-12-6-5-7-13(12)21-3/h11-13H,4-9H2,1-3H3,(H2,17,18,19,20). The molecule has 0 aliphatic heterocycles. The minimum Gasteiger partial charge on any atom is -0.379 e. The van der Waals surface area contributed by atoms with Crippen molar-refractivity contribution in [1.82, 2.24) is 9.97 Å². The molecule has 21 heavy (non-hydrogen) atoms. The van der Waals surface area contributed by atoms with Crippen LogP contribution < -0.4 is 10.6 Å². The Hall–Kier alpha value is -1.36. The molecule has 1 aromatic rings. The summed E-state index contributed by atoms with van der Waals surface area (Å²) in [5.74, 6) is 3.51. The Labute approximate surface area is 126 Å². The maximum absolute atomic E-state index is 5.58. The Morgan fingerprint density at radius 1 is 1.14 bits per heavy atom. The fraction of sp³-hybridized carbons (Fsp3) is 0.750. The lowest BCUT2D eigenvalue weighted by atomic mass is 10.2. The first-order valence-corrected chi connectivity index (χ1v) is 8.14. The molecule has 1 heterocycles. The number of nitrogens with one attached hydrogen (secondary N) is 2. The highest BCUT2D eigenvalue weighted by molar-refractivity contribution is 5.58. The summed E-state index contributed by atoms with van der Waals surface area (Å²) >= 11 is 0. The molecule has 0 bridgehead atoms. The molecule has 0 aromatic carbocycles. The van der Waals surface area contributed by atoms with Gasteiger partial charge in [-0.2, -0.15) is 0 Å². The van der Waals surface area contributed by atoms with Crippen LogP contribution in [0.3, 0.4) is 0 Å². The lowest BCUT2D eigenvalue weighted by Gasteiger charge is -2.22. The van der Waals surface area contributed by atoms with E-state index in [4.69, 9.17) is 14.7 Å². The number of rotatable bonds is 6. The monoisotopic (exact) mass is 290 g/mol. The fourth-order valence-electron chi connectivity index (χ4n) is 3.09. The Morgan fingerprint density at radius 3 is 2.57 bits per heavy atom. The van der Waals surface area contributed by atoms with Crippen LogP contribution in [0.15, 0.2) is 0 Å². The number of aromatic nitrogens is 2. The Kier molecular flexibility index (Phi) is 4.29. The quantitative estimate of drug-likeness (QED) is 0.843. The minimum atomic E-state index is 0.298. The van der Waals surface area contributed by atoms with Crippen molar-refractivity contribution in [2.45, 2.75) is 64.0 Å². The Bertz CT molecular complexity index is 501. The number of nitrogens with zero attached hydrogens (tertiary/aromatic N) is 2. The third-order valence-electron chi connectivity index (χ3n) is 4.53. The van der Waals surface area contributed by atoms with Gasteiger partial charge in [0.2, 0.25) is 0 Å². The average Bonchev–Trinajstić information content (AvgIpc) is 3.23. The van der Waals surface area contributed by atoms with Crippen molar-refractivity contribution in [3.05, 3.63) is 11.4 Å². The molecule has 2 saturated carbocycles. The molecule has 5 nitrogen and oxygen atoms in total. The van der Waals surface area contributed by atoms with Gasteiger partial charge in [0.1, 0.15) is 17.5 Å². The number of hydrogen-bond acceptors (Lipinski definition) is 5. The smallest absolute Gasteiger partial charge is 0.136 e. The third kappa shape index (κ3) is 3.12. The van der Waals surface area contributed by atoms with Gasteiger partial charge < -0.3 is 15.4 Å². The zero-order valence-corrected chi connectivity index (χ0v) is 13.3. The summed E-state index contributed by atoms with van der Waals surface area (Å²) in [5.41, 5.74) is 1.11. The normalized spacial score (nSPS) is 25.1. The molecule has 0 radical (unpaired) electrons. The number of methoxy groups -OCH3 is 1. The predicted molar refractivity (Wildman–Crippen MR) is 85.0 cm³/mol. The molecular formula is C16H26N4O. The van der Waals surface area contributed by atoms with E-state index in [2.05, 4.69) is 24.5 Å². The highest BCUT2D eigenvalue weighted by Crippen LogP contribution is 2.40. The van der Waals surface area contributed by atoms with Crippen molar-refractivity contribution in [2.75, 3.05) is 24.3 Å². The van der Waals surface area contributed by atoms with Gasteiger partial charge in [0.25, 0.3) is 0 Å². The van der Waals surface area contributed by atoms with Gasteiger partial charge in [-0.25, -0.2) is 9.97 Å². The molecule has 0 spiro atoms. The third-order valence-corrected chi connectivity index (χ3v) is 4.53. The first-order chi connectivity index (χ1) is 10.2. The molecule has 2 N–H and O–H groups in total. The van der Waals surface area contributed by atoms with Gasteiger partial charge in [-0.3, -0.25) is 0 Å². The molecule has 0 saturated heterocycles. The summed E-state index contributed by atoms with van der Waals surface area (Å²) in [5, 5.41) is 6.98. The van der Waals surface area contributed by atoms with Crippen LogP contribution in [-0.4, -0.2) is 35.8 Å². The van der Waals surface area contributed by atoms with Crippen molar-refractivity contribution in [2.24, 2.45) is 0 Å². The fourth-order valence-corrected chi connectivity index (χ4v) is 3.09. The highest BCUT2D eigenvalue weighted by Gasteiger charge is 2.31. The molecule has 2 atom stereocenters. The molecule has 2 aliphatic rings. The minimum absolute atomic E-state index is 0.298. The van der Waals surface area contributed by atoms with Crippen molar-refractivity contribution in [3.8, 4) is 0 Å². The van der Waals surface area contributed by atoms with E-state index in [1.54, 1.807) is 7.11 Å². The molecule has 5 heteroatoms. The maximum atomic E-state index is 5.58. The zero-order valence-electron chi connectivity index (χ0n) is 13.3. The SMILES string of the molecule is CCNc1nc(C2CC2)nc(NC2CCCC2OC)c1C. The van der Waals surface area contributed by atoms with E-state index < -0.39 is 0 Å². The van der Waals surface area contributed by atoms with Crippen LogP contribution in [0.5, 0.6) is 0 Å². The van der Waals surface area contributed by atoms with Crippen molar-refractivity contribution < 1.29 is 4.74 Å². The second kappa shape index (κ2) is 6.18. The van der Waals surface area contributed by atoms with Crippen LogP contribution in [0.1, 0.15) is 56.3 Å². The topological polar surface area (TPSA) is 59.1 Å². The highest BCUT2D eigenvalue weighted by atomic mass is 16.5. The molecule has 3 rings (SSSR count). The van der Waals surface area contributed by atoms with Crippen molar-refractivity contribution in [3.63, 3.8) is 0 Å². The lowest BCUT2D eigenvalue weighted by Crippen LogP contribution is -2.30. The van der Waals surface area contributed by atoms with Crippen LogP contribution in [-0.2, 0) is 4.74 Å². The van der Waals surface area contributed by atoms with E-state index in [1.807, 2.05) is 0 Å². The van der Waals surface area contributed by atoms with E-state index in [9.17, 15) is 0 Å². The number of anilines is 2. The van der Waals surface area contributed by atoms with E-state index in [1.165, 1.54) is 19.3 Å². The molecule has 0 amide bonds. The van der Waals surface area contributed by atoms with Crippen molar-refractivity contribution in [1.29, 1.82) is 0 Å². The first kappa shape index (κ1) is 14.6. The summed E-state index contributed by atoms with van der Waals surface area (Å²) in [4.78, 5) is 9.50. The van der Waals surface area contributed by atoms with Gasteiger partial charge in [0.05, 0.1) is 12.1 Å². The van der Waals surface area contributed by atoms with Gasteiger partial charge in [-0.15, -0.1) is 0 Å². The first-order valence-electron chi connectivity index (χ1n) is 8.14. The maximum Gasteiger partial charge on any atom is 0.136 e. The zero-order chi connectivity index (χ0) is 14.8. The van der Waals surface area contributed by atoms with Gasteiger partial charge in [-0.05, 0) is 46.0 Å². The summed E-state index contributed by atoms with van der Waals surface area (Å²) < 4.78 is 5.58. The van der Waals surface area contributed by atoms with Crippen LogP contribution in [0.4, 0.5) is 11.6 Å². The van der Waals surface area contributed by atoms with Gasteiger partial charge >= 0.3 is 0 Å². The van der Waals surface area contributed by atoms with Crippen LogP contribution in [0.2, 0.25) is 0 Å². The molecule has 2 fully saturated rings. The van der Waals surface area contributed by atoms with E-state index in [-0.39, 0.29) is 0 Å². The van der Waals surface area contributed by atoms with Crippen LogP contribution >= 0.6 is 0 Å². The van der Waals surface area contributed by atoms with E-state index >= 15 is 0 Å². The Balaban J connectivity index is 1.85. The summed E-state index contributed by atoms with van der Waals surface area (Å²) in [6.07, 6.45) is 6.24. The Morgan fingerprint density at radius 2 is 1.90 bits per heavy atom. The van der Waals surface area contributed by atoms with Crippen molar-refractivity contribution >= 4 is 11.6 Å². The van der Waals surface area contributed by atoms with E-state index in [0.29, 0.717) is 18.1 Å². The van der Waals surface area contributed by atoms with Gasteiger partial charge in [-0.1, -0.05) is 0 Å². The summed E-state index contributed by atoms with van der Waals surface area (Å²) in [6.45, 7) is 5.07. The van der Waals surface area contributed by atoms with Gasteiger partial charge in [0.15, 0.2) is 0 Å².